The minimum atomic E-state index is 0.598. The Kier molecular flexibility index (Phi) is 8.19. The summed E-state index contributed by atoms with van der Waals surface area (Å²) in [5.74, 6) is 0.837. The van der Waals surface area contributed by atoms with E-state index in [0.29, 0.717) is 5.41 Å². The molecule has 1 atom stereocenters. The van der Waals surface area contributed by atoms with E-state index in [-0.39, 0.29) is 0 Å². The van der Waals surface area contributed by atoms with Gasteiger partial charge in [-0.3, -0.25) is 0 Å². The molecule has 0 aromatic carbocycles. The summed E-state index contributed by atoms with van der Waals surface area (Å²) in [7, 11) is 0. The lowest BCUT2D eigenvalue weighted by Gasteiger charge is -2.34. The van der Waals surface area contributed by atoms with Crippen molar-refractivity contribution in [2.24, 2.45) is 11.3 Å². The fourth-order valence-electron chi connectivity index (χ4n) is 2.41. The van der Waals surface area contributed by atoms with Gasteiger partial charge in [-0.15, -0.1) is 0 Å². The Balaban J connectivity index is 3.76. The van der Waals surface area contributed by atoms with Crippen LogP contribution in [0.5, 0.6) is 0 Å². The van der Waals surface area contributed by atoms with Crippen LogP contribution in [0.25, 0.3) is 0 Å². The molecule has 0 heteroatoms. The summed E-state index contributed by atoms with van der Waals surface area (Å²) in [6, 6.07) is 0. The average Bonchev–Trinajstić information content (AvgIpc) is 2.18. The predicted molar refractivity (Wildman–Crippen MR) is 71.2 cm³/mol. The molecule has 0 aliphatic heterocycles. The van der Waals surface area contributed by atoms with E-state index in [1.807, 2.05) is 0 Å². The normalized spacial score (nSPS) is 15.6. The Labute approximate surface area is 97.8 Å². The number of unbranched alkanes of at least 4 members (excludes halogenated alkanes) is 4. The maximum absolute atomic E-state index is 2.49. The van der Waals surface area contributed by atoms with Gasteiger partial charge in [0.15, 0.2) is 0 Å². The van der Waals surface area contributed by atoms with Crippen molar-refractivity contribution in [2.45, 2.75) is 86.0 Å². The van der Waals surface area contributed by atoms with Gasteiger partial charge in [-0.05, 0) is 24.2 Å². The van der Waals surface area contributed by atoms with E-state index in [2.05, 4.69) is 34.6 Å². The molecule has 15 heavy (non-hydrogen) atoms. The summed E-state index contributed by atoms with van der Waals surface area (Å²) in [4.78, 5) is 0. The third kappa shape index (κ3) is 6.22. The molecule has 1 unspecified atom stereocenters. The fourth-order valence-corrected chi connectivity index (χ4v) is 2.41. The topological polar surface area (TPSA) is 0 Å². The predicted octanol–water partition coefficient (Wildman–Crippen LogP) is 5.81. The molecule has 0 saturated heterocycles. The summed E-state index contributed by atoms with van der Waals surface area (Å²) in [6.45, 7) is 11.9. The van der Waals surface area contributed by atoms with Gasteiger partial charge in [0.05, 0.1) is 0 Å². The molecule has 0 aromatic rings. The second-order valence-corrected chi connectivity index (χ2v) is 5.72. The first-order valence-corrected chi connectivity index (χ1v) is 7.06. The van der Waals surface area contributed by atoms with E-state index in [9.17, 15) is 0 Å². The van der Waals surface area contributed by atoms with Crippen molar-refractivity contribution in [3.8, 4) is 0 Å². The van der Waals surface area contributed by atoms with Crippen LogP contribution in [0.2, 0.25) is 0 Å². The summed E-state index contributed by atoms with van der Waals surface area (Å²) in [5.41, 5.74) is 0.598. The van der Waals surface area contributed by atoms with Crippen LogP contribution in [0.4, 0.5) is 0 Å². The molecule has 0 aliphatic rings. The molecule has 0 aromatic heterocycles. The molecule has 0 spiro atoms. The molecule has 0 rings (SSSR count). The monoisotopic (exact) mass is 212 g/mol. The highest BCUT2D eigenvalue weighted by Crippen LogP contribution is 2.37. The standard InChI is InChI=1S/C15H32/c1-6-8-9-10-11-13-15(5,12-7-2)14(3)4/h14H,6-13H2,1-5H3. The highest BCUT2D eigenvalue weighted by Gasteiger charge is 2.26. The molecule has 0 aliphatic carbocycles. The Morgan fingerprint density at radius 1 is 0.800 bits per heavy atom. The van der Waals surface area contributed by atoms with Crippen LogP contribution in [0.3, 0.4) is 0 Å². The number of hydrogen-bond donors (Lipinski definition) is 0. The lowest BCUT2D eigenvalue weighted by Crippen LogP contribution is -2.23. The Morgan fingerprint density at radius 3 is 1.87 bits per heavy atom. The van der Waals surface area contributed by atoms with E-state index < -0.39 is 0 Å². The largest absolute Gasteiger partial charge is 0.0654 e. The van der Waals surface area contributed by atoms with Gasteiger partial charge in [0.2, 0.25) is 0 Å². The molecular formula is C15H32. The third-order valence-corrected chi connectivity index (χ3v) is 4.07. The summed E-state index contributed by atoms with van der Waals surface area (Å²) >= 11 is 0. The molecule has 0 saturated carbocycles. The maximum atomic E-state index is 2.49. The van der Waals surface area contributed by atoms with Gasteiger partial charge in [0.25, 0.3) is 0 Å². The Bertz CT molecular complexity index is 137. The molecule has 0 N–H and O–H groups in total. The Hall–Kier alpha value is 0. The first-order chi connectivity index (χ1) is 7.06. The zero-order valence-electron chi connectivity index (χ0n) is 11.7. The van der Waals surface area contributed by atoms with Gasteiger partial charge in [-0.25, -0.2) is 0 Å². The second-order valence-electron chi connectivity index (χ2n) is 5.72. The van der Waals surface area contributed by atoms with E-state index >= 15 is 0 Å². The zero-order valence-corrected chi connectivity index (χ0v) is 11.7. The molecule has 0 amide bonds. The minimum absolute atomic E-state index is 0.598. The van der Waals surface area contributed by atoms with Crippen LogP contribution in [0.1, 0.15) is 86.0 Å². The molecule has 0 fully saturated rings. The van der Waals surface area contributed by atoms with Crippen LogP contribution in [0, 0.1) is 11.3 Å². The van der Waals surface area contributed by atoms with Gasteiger partial charge < -0.3 is 0 Å². The highest BCUT2D eigenvalue weighted by atomic mass is 14.3. The Morgan fingerprint density at radius 2 is 1.40 bits per heavy atom. The zero-order chi connectivity index (χ0) is 11.7. The van der Waals surface area contributed by atoms with Gasteiger partial charge >= 0.3 is 0 Å². The minimum Gasteiger partial charge on any atom is -0.0654 e. The SMILES string of the molecule is CCCCCCCC(C)(CCC)C(C)C. The summed E-state index contributed by atoms with van der Waals surface area (Å²) < 4.78 is 0. The first kappa shape index (κ1) is 15.0. The van der Waals surface area contributed by atoms with Gasteiger partial charge in [-0.1, -0.05) is 73.1 Å². The van der Waals surface area contributed by atoms with Crippen molar-refractivity contribution in [3.63, 3.8) is 0 Å². The highest BCUT2D eigenvalue weighted by molar-refractivity contribution is 4.77. The first-order valence-electron chi connectivity index (χ1n) is 7.06. The molecule has 0 nitrogen and oxygen atoms in total. The van der Waals surface area contributed by atoms with E-state index in [0.717, 1.165) is 5.92 Å². The summed E-state index contributed by atoms with van der Waals surface area (Å²) in [6.07, 6.45) is 11.3. The van der Waals surface area contributed by atoms with E-state index in [1.165, 1.54) is 51.4 Å². The van der Waals surface area contributed by atoms with Crippen LogP contribution >= 0.6 is 0 Å². The van der Waals surface area contributed by atoms with Crippen LogP contribution < -0.4 is 0 Å². The molecule has 92 valence electrons. The van der Waals surface area contributed by atoms with Crippen molar-refractivity contribution in [1.82, 2.24) is 0 Å². The van der Waals surface area contributed by atoms with Gasteiger partial charge in [-0.2, -0.15) is 0 Å². The smallest absolute Gasteiger partial charge is 0.0303 e. The number of hydrogen-bond acceptors (Lipinski definition) is 0. The third-order valence-electron chi connectivity index (χ3n) is 4.07. The van der Waals surface area contributed by atoms with E-state index in [4.69, 9.17) is 0 Å². The van der Waals surface area contributed by atoms with Gasteiger partial charge in [0, 0.05) is 0 Å². The second kappa shape index (κ2) is 8.19. The number of rotatable bonds is 9. The average molecular weight is 212 g/mol. The summed E-state index contributed by atoms with van der Waals surface area (Å²) in [5, 5.41) is 0. The van der Waals surface area contributed by atoms with Gasteiger partial charge in [0.1, 0.15) is 0 Å². The molecule has 0 heterocycles. The van der Waals surface area contributed by atoms with Crippen molar-refractivity contribution < 1.29 is 0 Å². The van der Waals surface area contributed by atoms with Crippen LogP contribution in [-0.4, -0.2) is 0 Å². The van der Waals surface area contributed by atoms with Crippen molar-refractivity contribution >= 4 is 0 Å². The van der Waals surface area contributed by atoms with Crippen LogP contribution in [0.15, 0.2) is 0 Å². The quantitative estimate of drug-likeness (QED) is 0.423. The van der Waals surface area contributed by atoms with Crippen molar-refractivity contribution in [1.29, 1.82) is 0 Å². The molecule has 0 radical (unpaired) electrons. The lowest BCUT2D eigenvalue weighted by molar-refractivity contribution is 0.173. The molecule has 0 bridgehead atoms. The lowest BCUT2D eigenvalue weighted by atomic mass is 9.72. The van der Waals surface area contributed by atoms with E-state index in [1.54, 1.807) is 0 Å². The maximum Gasteiger partial charge on any atom is -0.0303 e. The molecular weight excluding hydrogens is 180 g/mol. The van der Waals surface area contributed by atoms with Crippen molar-refractivity contribution in [2.75, 3.05) is 0 Å². The van der Waals surface area contributed by atoms with Crippen LogP contribution in [-0.2, 0) is 0 Å². The fraction of sp³-hybridized carbons (Fsp3) is 1.00. The van der Waals surface area contributed by atoms with Crippen molar-refractivity contribution in [3.05, 3.63) is 0 Å².